The Hall–Kier alpha value is -4.13. The molecule has 6 rings (SSSR count). The van der Waals surface area contributed by atoms with E-state index < -0.39 is 0 Å². The minimum atomic E-state index is -0.192. The Labute approximate surface area is 209 Å². The van der Waals surface area contributed by atoms with Crippen LogP contribution in [0.3, 0.4) is 0 Å². The van der Waals surface area contributed by atoms with Crippen molar-refractivity contribution < 1.29 is 14.3 Å². The average Bonchev–Trinajstić information content (AvgIpc) is 3.64. The van der Waals surface area contributed by atoms with Gasteiger partial charge in [-0.25, -0.2) is 4.98 Å². The highest BCUT2D eigenvalue weighted by Crippen LogP contribution is 2.44. The summed E-state index contributed by atoms with van der Waals surface area (Å²) < 4.78 is 5.15. The number of H-pyrrole nitrogens is 1. The summed E-state index contributed by atoms with van der Waals surface area (Å²) in [5.74, 6) is 2.65. The van der Waals surface area contributed by atoms with Crippen molar-refractivity contribution in [3.63, 3.8) is 0 Å². The number of benzene rings is 3. The summed E-state index contributed by atoms with van der Waals surface area (Å²) >= 11 is 0. The van der Waals surface area contributed by atoms with Crippen LogP contribution in [0.15, 0.2) is 66.7 Å². The summed E-state index contributed by atoms with van der Waals surface area (Å²) in [5, 5.41) is 6.14. The fourth-order valence-electron chi connectivity index (χ4n) is 5.62. The third-order valence-electron chi connectivity index (χ3n) is 7.57. The number of aromatic nitrogens is 2. The molecule has 3 unspecified atom stereocenters. The first-order valence-corrected chi connectivity index (χ1v) is 12.4. The van der Waals surface area contributed by atoms with Gasteiger partial charge in [-0.15, -0.1) is 0 Å². The first-order valence-electron chi connectivity index (χ1n) is 12.4. The van der Waals surface area contributed by atoms with E-state index in [0.29, 0.717) is 34.6 Å². The number of fused-ring (bicyclic) bond motifs is 3. The molecule has 3 N–H and O–H groups in total. The molecule has 2 saturated carbocycles. The highest BCUT2D eigenvalue weighted by molar-refractivity contribution is 6.04. The van der Waals surface area contributed by atoms with Crippen LogP contribution < -0.4 is 15.4 Å². The summed E-state index contributed by atoms with van der Waals surface area (Å²) in [6.07, 6.45) is 4.92. The summed E-state index contributed by atoms with van der Waals surface area (Å²) in [7, 11) is 1.60. The number of hydrogen-bond acceptors (Lipinski definition) is 4. The van der Waals surface area contributed by atoms with E-state index in [1.165, 1.54) is 19.3 Å². The lowest BCUT2D eigenvalue weighted by molar-refractivity contribution is 0.0922. The minimum absolute atomic E-state index is 0.0159. The van der Waals surface area contributed by atoms with Crippen LogP contribution >= 0.6 is 0 Å². The number of anilines is 1. The van der Waals surface area contributed by atoms with Crippen LogP contribution in [0.2, 0.25) is 0 Å². The fraction of sp³-hybridized carbons (Fsp3) is 0.276. The Morgan fingerprint density at radius 3 is 2.39 bits per heavy atom. The van der Waals surface area contributed by atoms with Crippen LogP contribution in [0.4, 0.5) is 5.69 Å². The smallest absolute Gasteiger partial charge is 0.255 e. The molecular formula is C29H28N4O3. The van der Waals surface area contributed by atoms with Crippen molar-refractivity contribution in [2.24, 2.45) is 11.8 Å². The Balaban J connectivity index is 1.14. The van der Waals surface area contributed by atoms with Gasteiger partial charge in [-0.05, 0) is 85.7 Å². The van der Waals surface area contributed by atoms with Gasteiger partial charge in [0.15, 0.2) is 0 Å². The molecule has 0 aliphatic heterocycles. The zero-order valence-electron chi connectivity index (χ0n) is 20.1. The van der Waals surface area contributed by atoms with Crippen molar-refractivity contribution in [3.8, 4) is 17.1 Å². The lowest BCUT2D eigenvalue weighted by Gasteiger charge is -2.22. The maximum Gasteiger partial charge on any atom is 0.255 e. The van der Waals surface area contributed by atoms with Crippen LogP contribution in [-0.4, -0.2) is 34.9 Å². The molecule has 4 aromatic rings. The average molecular weight is 481 g/mol. The van der Waals surface area contributed by atoms with E-state index in [0.717, 1.165) is 34.7 Å². The Kier molecular flexibility index (Phi) is 5.68. The first kappa shape index (κ1) is 22.3. The van der Waals surface area contributed by atoms with Crippen LogP contribution in [-0.2, 0) is 0 Å². The SMILES string of the molecule is COc1ccc(NC(=O)c2ccc(-c3nc4ccc(C(=O)NC5CC6CCC5C6)cc4[nH]3)cc2)cc1. The number of ether oxygens (including phenoxy) is 1. The second kappa shape index (κ2) is 9.15. The number of methoxy groups -OCH3 is 1. The minimum Gasteiger partial charge on any atom is -0.497 e. The monoisotopic (exact) mass is 480 g/mol. The number of rotatable bonds is 6. The molecule has 2 amide bonds. The normalized spacial score (nSPS) is 20.4. The lowest BCUT2D eigenvalue weighted by Crippen LogP contribution is -2.38. The molecule has 2 aliphatic carbocycles. The van der Waals surface area contributed by atoms with E-state index in [2.05, 4.69) is 20.6 Å². The van der Waals surface area contributed by atoms with Gasteiger partial charge < -0.3 is 20.4 Å². The summed E-state index contributed by atoms with van der Waals surface area (Å²) in [6.45, 7) is 0. The van der Waals surface area contributed by atoms with Crippen molar-refractivity contribution in [2.45, 2.75) is 31.7 Å². The van der Waals surface area contributed by atoms with Crippen LogP contribution in [0, 0.1) is 11.8 Å². The molecule has 3 atom stereocenters. The van der Waals surface area contributed by atoms with E-state index in [-0.39, 0.29) is 11.8 Å². The lowest BCUT2D eigenvalue weighted by atomic mass is 9.95. The summed E-state index contributed by atoms with van der Waals surface area (Å²) in [6, 6.07) is 20.4. The number of imidazole rings is 1. The molecule has 1 heterocycles. The van der Waals surface area contributed by atoms with Gasteiger partial charge in [0.25, 0.3) is 11.8 Å². The largest absolute Gasteiger partial charge is 0.497 e. The van der Waals surface area contributed by atoms with Crippen LogP contribution in [0.5, 0.6) is 5.75 Å². The molecule has 1 aromatic heterocycles. The number of aromatic amines is 1. The number of hydrogen-bond donors (Lipinski definition) is 3. The number of carbonyl (C=O) groups is 2. The molecule has 182 valence electrons. The maximum absolute atomic E-state index is 12.9. The van der Waals surface area contributed by atoms with Crippen molar-refractivity contribution in [1.82, 2.24) is 15.3 Å². The zero-order valence-corrected chi connectivity index (χ0v) is 20.1. The second-order valence-corrected chi connectivity index (χ2v) is 9.83. The summed E-state index contributed by atoms with van der Waals surface area (Å²) in [4.78, 5) is 33.5. The number of nitrogens with one attached hydrogen (secondary N) is 3. The molecule has 7 nitrogen and oxygen atoms in total. The van der Waals surface area contributed by atoms with Crippen molar-refractivity contribution >= 4 is 28.5 Å². The first-order chi connectivity index (χ1) is 17.6. The second-order valence-electron chi connectivity index (χ2n) is 9.83. The molecule has 0 radical (unpaired) electrons. The predicted molar refractivity (Wildman–Crippen MR) is 139 cm³/mol. The van der Waals surface area contributed by atoms with E-state index in [1.54, 1.807) is 43.5 Å². The zero-order chi connectivity index (χ0) is 24.6. The number of carbonyl (C=O) groups excluding carboxylic acids is 2. The highest BCUT2D eigenvalue weighted by atomic mass is 16.5. The van der Waals surface area contributed by atoms with Crippen molar-refractivity contribution in [2.75, 3.05) is 12.4 Å². The molecule has 7 heteroatoms. The van der Waals surface area contributed by atoms with Gasteiger partial charge >= 0.3 is 0 Å². The molecule has 2 aliphatic rings. The maximum atomic E-state index is 12.9. The molecule has 2 fully saturated rings. The topological polar surface area (TPSA) is 96.1 Å². The quantitative estimate of drug-likeness (QED) is 0.344. The highest BCUT2D eigenvalue weighted by Gasteiger charge is 2.40. The van der Waals surface area contributed by atoms with Gasteiger partial charge in [-0.3, -0.25) is 9.59 Å². The third-order valence-corrected chi connectivity index (χ3v) is 7.57. The fourth-order valence-corrected chi connectivity index (χ4v) is 5.62. The van der Waals surface area contributed by atoms with Crippen LogP contribution in [0.25, 0.3) is 22.4 Å². The molecule has 0 spiro atoms. The molecule has 0 saturated heterocycles. The third kappa shape index (κ3) is 4.33. The van der Waals surface area contributed by atoms with Gasteiger partial charge in [0.1, 0.15) is 11.6 Å². The van der Waals surface area contributed by atoms with E-state index in [4.69, 9.17) is 4.74 Å². The molecule has 3 aromatic carbocycles. The molecular weight excluding hydrogens is 452 g/mol. The van der Waals surface area contributed by atoms with Crippen molar-refractivity contribution in [1.29, 1.82) is 0 Å². The van der Waals surface area contributed by atoms with Crippen molar-refractivity contribution in [3.05, 3.63) is 77.9 Å². The van der Waals surface area contributed by atoms with Gasteiger partial charge in [0, 0.05) is 28.4 Å². The standard InChI is InChI=1S/C29H28N4O3/c1-36-23-11-9-22(10-12-23)30-28(34)19-6-4-18(5-7-19)27-31-24-13-8-21(16-26(24)32-27)29(35)33-25-15-17-2-3-20(25)14-17/h4-13,16-17,20,25H,2-3,14-15H2,1H3,(H,30,34)(H,31,32)(H,33,35). The molecule has 36 heavy (non-hydrogen) atoms. The van der Waals surface area contributed by atoms with Gasteiger partial charge in [0.2, 0.25) is 0 Å². The van der Waals surface area contributed by atoms with Gasteiger partial charge in [-0.1, -0.05) is 18.6 Å². The van der Waals surface area contributed by atoms with Gasteiger partial charge in [0.05, 0.1) is 18.1 Å². The Morgan fingerprint density at radius 2 is 1.69 bits per heavy atom. The Morgan fingerprint density at radius 1 is 0.917 bits per heavy atom. The van der Waals surface area contributed by atoms with E-state index in [1.807, 2.05) is 30.3 Å². The predicted octanol–water partition coefficient (Wildman–Crippen LogP) is 5.41. The van der Waals surface area contributed by atoms with E-state index >= 15 is 0 Å². The molecule has 2 bridgehead atoms. The van der Waals surface area contributed by atoms with Gasteiger partial charge in [-0.2, -0.15) is 0 Å². The Bertz CT molecular complexity index is 1430. The van der Waals surface area contributed by atoms with Crippen LogP contribution in [0.1, 0.15) is 46.4 Å². The number of nitrogens with zero attached hydrogens (tertiary/aromatic N) is 1. The summed E-state index contributed by atoms with van der Waals surface area (Å²) in [5.41, 5.74) is 4.36. The number of amides is 2. The van der Waals surface area contributed by atoms with E-state index in [9.17, 15) is 9.59 Å².